The third-order valence-electron chi connectivity index (χ3n) is 1.99. The monoisotopic (exact) mass is 251 g/mol. The zero-order valence-electron chi connectivity index (χ0n) is 12.7. The predicted molar refractivity (Wildman–Crippen MR) is 83.1 cm³/mol. The zero-order valence-corrected chi connectivity index (χ0v) is 12.7. The van der Waals surface area contributed by atoms with E-state index < -0.39 is 0 Å². The van der Waals surface area contributed by atoms with Crippen molar-refractivity contribution in [2.75, 3.05) is 5.01 Å². The lowest BCUT2D eigenvalue weighted by atomic mass is 10.1. The molecule has 0 heterocycles. The summed E-state index contributed by atoms with van der Waals surface area (Å²) in [5.74, 6) is 5.76. The minimum atomic E-state index is 0.687. The second-order valence-corrected chi connectivity index (χ2v) is 3.30. The highest BCUT2D eigenvalue weighted by Gasteiger charge is 1.97. The molecule has 0 atom stereocenters. The number of anilines is 1. The smallest absolute Gasteiger partial charge is 0.0569 e. The Morgan fingerprint density at radius 2 is 1.56 bits per heavy atom. The van der Waals surface area contributed by atoms with Crippen molar-refractivity contribution in [3.05, 3.63) is 41.7 Å². The van der Waals surface area contributed by atoms with Crippen molar-refractivity contribution in [3.8, 4) is 0 Å². The number of hydrogen-bond donors (Lipinski definition) is 2. The van der Waals surface area contributed by atoms with Gasteiger partial charge in [-0.25, -0.2) is 5.84 Å². The van der Waals surface area contributed by atoms with Crippen molar-refractivity contribution in [1.29, 1.82) is 0 Å². The van der Waals surface area contributed by atoms with Gasteiger partial charge in [-0.1, -0.05) is 46.8 Å². The molecular weight excluding hydrogens is 222 g/mol. The highest BCUT2D eigenvalue weighted by molar-refractivity contribution is 5.48. The number of allylic oxidation sites excluding steroid dienone is 1. The van der Waals surface area contributed by atoms with Crippen molar-refractivity contribution in [3.63, 3.8) is 0 Å². The summed E-state index contributed by atoms with van der Waals surface area (Å²) < 4.78 is 0. The van der Waals surface area contributed by atoms with Crippen molar-refractivity contribution in [2.24, 2.45) is 11.6 Å². The Labute approximate surface area is 112 Å². The van der Waals surface area contributed by atoms with Gasteiger partial charge in [0.25, 0.3) is 0 Å². The first-order valence-corrected chi connectivity index (χ1v) is 6.70. The number of nitrogens with zero attached hydrogens (tertiary/aromatic N) is 1. The number of benzene rings is 1. The van der Waals surface area contributed by atoms with Gasteiger partial charge in [0.1, 0.15) is 0 Å². The molecule has 4 N–H and O–H groups in total. The van der Waals surface area contributed by atoms with Gasteiger partial charge < -0.3 is 5.73 Å². The van der Waals surface area contributed by atoms with Crippen LogP contribution in [0, 0.1) is 0 Å². The summed E-state index contributed by atoms with van der Waals surface area (Å²) in [6.07, 6.45) is 2.73. The molecule has 0 aromatic heterocycles. The van der Waals surface area contributed by atoms with E-state index in [0.717, 1.165) is 12.1 Å². The van der Waals surface area contributed by atoms with E-state index in [1.807, 2.05) is 39.8 Å². The molecule has 0 fully saturated rings. The molecule has 0 bridgehead atoms. The van der Waals surface area contributed by atoms with Gasteiger partial charge in [-0.2, -0.15) is 0 Å². The van der Waals surface area contributed by atoms with E-state index in [1.54, 1.807) is 13.1 Å². The average molecular weight is 251 g/mol. The molecule has 1 rings (SSSR count). The lowest BCUT2D eigenvalue weighted by Gasteiger charge is -2.14. The topological polar surface area (TPSA) is 55.3 Å². The maximum atomic E-state index is 5.76. The summed E-state index contributed by atoms with van der Waals surface area (Å²) >= 11 is 0. The van der Waals surface area contributed by atoms with Crippen LogP contribution in [-0.4, -0.2) is 0 Å². The highest BCUT2D eigenvalue weighted by atomic mass is 15.4. The molecular formula is C15H29N3. The Morgan fingerprint density at radius 3 is 1.89 bits per heavy atom. The molecule has 1 aromatic carbocycles. The largest absolute Gasteiger partial charge is 0.401 e. The van der Waals surface area contributed by atoms with Gasteiger partial charge in [-0.3, -0.25) is 5.01 Å². The van der Waals surface area contributed by atoms with Crippen LogP contribution in [0.15, 0.2) is 36.2 Å². The fourth-order valence-electron chi connectivity index (χ4n) is 1.20. The van der Waals surface area contributed by atoms with E-state index in [9.17, 15) is 0 Å². The highest BCUT2D eigenvalue weighted by Crippen LogP contribution is 2.13. The second-order valence-electron chi connectivity index (χ2n) is 3.30. The first-order chi connectivity index (χ1) is 8.63. The minimum Gasteiger partial charge on any atom is -0.401 e. The van der Waals surface area contributed by atoms with Crippen molar-refractivity contribution in [1.82, 2.24) is 0 Å². The van der Waals surface area contributed by atoms with E-state index in [1.165, 1.54) is 10.6 Å². The average Bonchev–Trinajstić information content (AvgIpc) is 2.42. The SMILES string of the molecule is CC.CC.CCc1ccc(N(N)/C=C(/C)N)cc1. The molecule has 0 unspecified atom stereocenters. The van der Waals surface area contributed by atoms with Crippen LogP contribution >= 0.6 is 0 Å². The lowest BCUT2D eigenvalue weighted by molar-refractivity contribution is 1.04. The standard InChI is InChI=1S/C11H17N3.2C2H6/c1-3-10-4-6-11(7-5-10)14(13)8-9(2)12;2*1-2/h4-8H,3,12-13H2,1-2H3;2*1-2H3/b9-8-;;. The van der Waals surface area contributed by atoms with Gasteiger partial charge in [0, 0.05) is 11.9 Å². The Balaban J connectivity index is 0. The summed E-state index contributed by atoms with van der Waals surface area (Å²) in [5, 5.41) is 1.52. The van der Waals surface area contributed by atoms with E-state index in [2.05, 4.69) is 19.1 Å². The molecule has 3 nitrogen and oxygen atoms in total. The Kier molecular flexibility index (Phi) is 12.6. The molecule has 0 aliphatic rings. The molecule has 0 saturated carbocycles. The van der Waals surface area contributed by atoms with Crippen LogP contribution in [0.5, 0.6) is 0 Å². The molecule has 18 heavy (non-hydrogen) atoms. The zero-order chi connectivity index (χ0) is 14.6. The maximum Gasteiger partial charge on any atom is 0.0569 e. The second kappa shape index (κ2) is 12.0. The van der Waals surface area contributed by atoms with E-state index in [-0.39, 0.29) is 0 Å². The minimum absolute atomic E-state index is 0.687. The van der Waals surface area contributed by atoms with Gasteiger partial charge in [-0.05, 0) is 31.0 Å². The third-order valence-corrected chi connectivity index (χ3v) is 1.99. The maximum absolute atomic E-state index is 5.76. The molecule has 3 heteroatoms. The van der Waals surface area contributed by atoms with E-state index in [4.69, 9.17) is 11.6 Å². The van der Waals surface area contributed by atoms with Crippen molar-refractivity contribution in [2.45, 2.75) is 48.0 Å². The van der Waals surface area contributed by atoms with Crippen LogP contribution in [0.1, 0.15) is 47.1 Å². The lowest BCUT2D eigenvalue weighted by Crippen LogP contribution is -2.25. The van der Waals surface area contributed by atoms with Crippen molar-refractivity contribution >= 4 is 5.69 Å². The number of aryl methyl sites for hydroxylation is 1. The van der Waals surface area contributed by atoms with Crippen LogP contribution in [0.25, 0.3) is 0 Å². The fraction of sp³-hybridized carbons (Fsp3) is 0.467. The van der Waals surface area contributed by atoms with Crippen LogP contribution in [0.2, 0.25) is 0 Å². The number of nitrogens with two attached hydrogens (primary N) is 2. The summed E-state index contributed by atoms with van der Waals surface area (Å²) in [5.41, 5.74) is 8.45. The third kappa shape index (κ3) is 7.74. The summed E-state index contributed by atoms with van der Waals surface area (Å²) in [6, 6.07) is 8.10. The number of hydrogen-bond acceptors (Lipinski definition) is 3. The van der Waals surface area contributed by atoms with Crippen LogP contribution in [0.3, 0.4) is 0 Å². The van der Waals surface area contributed by atoms with Crippen LogP contribution in [0.4, 0.5) is 5.69 Å². The Hall–Kier alpha value is -1.48. The number of rotatable bonds is 3. The quantitative estimate of drug-likeness (QED) is 0.634. The predicted octanol–water partition coefficient (Wildman–Crippen LogP) is 3.80. The van der Waals surface area contributed by atoms with Gasteiger partial charge in [0.2, 0.25) is 0 Å². The van der Waals surface area contributed by atoms with Crippen LogP contribution < -0.4 is 16.6 Å². The molecule has 104 valence electrons. The molecule has 0 radical (unpaired) electrons. The molecule has 1 aromatic rings. The molecule has 0 aliphatic heterocycles. The van der Waals surface area contributed by atoms with Gasteiger partial charge in [0.05, 0.1) is 5.69 Å². The van der Waals surface area contributed by atoms with Gasteiger partial charge in [0.15, 0.2) is 0 Å². The first-order valence-electron chi connectivity index (χ1n) is 6.70. The molecule has 0 aliphatic carbocycles. The van der Waals surface area contributed by atoms with Gasteiger partial charge in [-0.15, -0.1) is 0 Å². The van der Waals surface area contributed by atoms with Crippen LogP contribution in [-0.2, 0) is 6.42 Å². The normalized spacial score (nSPS) is 9.61. The summed E-state index contributed by atoms with van der Waals surface area (Å²) in [4.78, 5) is 0. The summed E-state index contributed by atoms with van der Waals surface area (Å²) in [7, 11) is 0. The number of hydrazine groups is 1. The van der Waals surface area contributed by atoms with Crippen molar-refractivity contribution < 1.29 is 0 Å². The summed E-state index contributed by atoms with van der Waals surface area (Å²) in [6.45, 7) is 11.9. The molecule has 0 saturated heterocycles. The molecule has 0 amide bonds. The van der Waals surface area contributed by atoms with E-state index >= 15 is 0 Å². The Morgan fingerprint density at radius 1 is 1.11 bits per heavy atom. The first kappa shape index (κ1) is 18.9. The van der Waals surface area contributed by atoms with Gasteiger partial charge >= 0.3 is 0 Å². The Bertz CT molecular complexity index is 311. The van der Waals surface area contributed by atoms with E-state index in [0.29, 0.717) is 5.70 Å². The fourth-order valence-corrected chi connectivity index (χ4v) is 1.20. The molecule has 0 spiro atoms.